The summed E-state index contributed by atoms with van der Waals surface area (Å²) in [7, 11) is 1.31. The van der Waals surface area contributed by atoms with E-state index in [-0.39, 0.29) is 11.4 Å². The van der Waals surface area contributed by atoms with E-state index < -0.39 is 12.1 Å². The summed E-state index contributed by atoms with van der Waals surface area (Å²) in [4.78, 5) is 0. The molecular weight excluding hydrogens is 199 g/mol. The molecule has 0 heterocycles. The zero-order chi connectivity index (χ0) is 10.8. The van der Waals surface area contributed by atoms with Crippen molar-refractivity contribution in [3.8, 4) is 11.5 Å². The lowest BCUT2D eigenvalue weighted by atomic mass is 10.3. The van der Waals surface area contributed by atoms with Crippen LogP contribution in [0.1, 0.15) is 0 Å². The van der Waals surface area contributed by atoms with Crippen LogP contribution in [-0.2, 0) is 0 Å². The van der Waals surface area contributed by atoms with Gasteiger partial charge < -0.3 is 15.2 Å². The first-order chi connectivity index (χ1) is 6.44. The number of benzene rings is 1. The van der Waals surface area contributed by atoms with Gasteiger partial charge in [-0.05, 0) is 12.1 Å². The molecule has 0 saturated carbocycles. The summed E-state index contributed by atoms with van der Waals surface area (Å²) < 4.78 is 43.9. The largest absolute Gasteiger partial charge is 0.573 e. The van der Waals surface area contributed by atoms with Crippen LogP contribution in [0.4, 0.5) is 18.9 Å². The molecule has 2 N–H and O–H groups in total. The molecule has 0 aliphatic rings. The van der Waals surface area contributed by atoms with Crippen LogP contribution in [0.3, 0.4) is 0 Å². The lowest BCUT2D eigenvalue weighted by molar-refractivity contribution is -0.274. The Bertz CT molecular complexity index is 325. The van der Waals surface area contributed by atoms with Gasteiger partial charge in [0, 0.05) is 0 Å². The molecule has 0 aromatic heterocycles. The molecule has 0 bridgehead atoms. The average Bonchev–Trinajstić information content (AvgIpc) is 2.06. The molecule has 0 aliphatic heterocycles. The number of rotatable bonds is 2. The van der Waals surface area contributed by atoms with Crippen molar-refractivity contribution in [3.63, 3.8) is 0 Å². The Hall–Kier alpha value is -1.59. The number of alkyl halides is 3. The summed E-state index contributed by atoms with van der Waals surface area (Å²) in [6, 6.07) is 3.92. The van der Waals surface area contributed by atoms with Crippen molar-refractivity contribution in [1.29, 1.82) is 0 Å². The lowest BCUT2D eigenvalue weighted by Crippen LogP contribution is -2.18. The van der Waals surface area contributed by atoms with Gasteiger partial charge in [0.15, 0.2) is 5.75 Å². The third-order valence-corrected chi connectivity index (χ3v) is 1.47. The predicted octanol–water partition coefficient (Wildman–Crippen LogP) is 2.18. The standard InChI is InChI=1S/C8H8F3NO2/c1-13-5-3-2-4-6(7(5)12)14-8(9,10)11/h2-4H,12H2,1H3. The first-order valence-corrected chi connectivity index (χ1v) is 3.62. The number of nitrogens with two attached hydrogens (primary N) is 1. The van der Waals surface area contributed by atoms with Gasteiger partial charge >= 0.3 is 6.36 Å². The first kappa shape index (κ1) is 10.5. The zero-order valence-corrected chi connectivity index (χ0v) is 7.26. The van der Waals surface area contributed by atoms with Crippen LogP contribution < -0.4 is 15.2 Å². The van der Waals surface area contributed by atoms with Crippen molar-refractivity contribution < 1.29 is 22.6 Å². The van der Waals surface area contributed by atoms with Gasteiger partial charge in [-0.2, -0.15) is 0 Å². The predicted molar refractivity (Wildman–Crippen MR) is 44.1 cm³/mol. The van der Waals surface area contributed by atoms with E-state index in [1.807, 2.05) is 0 Å². The molecule has 0 spiro atoms. The Labute approximate surface area is 78.2 Å². The van der Waals surface area contributed by atoms with Crippen LogP contribution in [0.5, 0.6) is 11.5 Å². The minimum atomic E-state index is -4.75. The van der Waals surface area contributed by atoms with Crippen molar-refractivity contribution in [2.24, 2.45) is 0 Å². The molecule has 6 heteroatoms. The Morgan fingerprint density at radius 1 is 1.21 bits per heavy atom. The van der Waals surface area contributed by atoms with E-state index in [2.05, 4.69) is 4.74 Å². The maximum Gasteiger partial charge on any atom is 0.573 e. The molecule has 1 rings (SSSR count). The van der Waals surface area contributed by atoms with Gasteiger partial charge in [0.25, 0.3) is 0 Å². The van der Waals surface area contributed by atoms with Gasteiger partial charge in [-0.25, -0.2) is 0 Å². The van der Waals surface area contributed by atoms with Crippen LogP contribution >= 0.6 is 0 Å². The normalized spacial score (nSPS) is 11.1. The molecule has 0 amide bonds. The SMILES string of the molecule is COc1cccc(OC(F)(F)F)c1N. The highest BCUT2D eigenvalue weighted by Crippen LogP contribution is 2.34. The third-order valence-electron chi connectivity index (χ3n) is 1.47. The molecule has 3 nitrogen and oxygen atoms in total. The third kappa shape index (κ3) is 2.45. The highest BCUT2D eigenvalue weighted by atomic mass is 19.4. The molecule has 0 saturated heterocycles. The van der Waals surface area contributed by atoms with Gasteiger partial charge in [-0.3, -0.25) is 0 Å². The maximum atomic E-state index is 11.8. The summed E-state index contributed by atoms with van der Waals surface area (Å²) in [5, 5.41) is 0. The second-order valence-electron chi connectivity index (χ2n) is 2.42. The second kappa shape index (κ2) is 3.65. The highest BCUT2D eigenvalue weighted by molar-refractivity contribution is 5.62. The number of hydrogen-bond donors (Lipinski definition) is 1. The average molecular weight is 207 g/mol. The number of ether oxygens (including phenoxy) is 2. The summed E-state index contributed by atoms with van der Waals surface area (Å²) in [6.45, 7) is 0. The zero-order valence-electron chi connectivity index (χ0n) is 7.26. The lowest BCUT2D eigenvalue weighted by Gasteiger charge is -2.12. The number of hydrogen-bond acceptors (Lipinski definition) is 3. The Morgan fingerprint density at radius 2 is 1.79 bits per heavy atom. The van der Waals surface area contributed by atoms with E-state index in [0.29, 0.717) is 0 Å². The summed E-state index contributed by atoms with van der Waals surface area (Å²) >= 11 is 0. The van der Waals surface area contributed by atoms with Crippen LogP contribution in [0, 0.1) is 0 Å². The van der Waals surface area contributed by atoms with Crippen molar-refractivity contribution >= 4 is 5.69 Å². The quantitative estimate of drug-likeness (QED) is 0.756. The summed E-state index contributed by atoms with van der Waals surface area (Å²) in [6.07, 6.45) is -4.75. The maximum absolute atomic E-state index is 11.8. The fraction of sp³-hybridized carbons (Fsp3) is 0.250. The molecule has 0 aliphatic carbocycles. The number of anilines is 1. The minimum Gasteiger partial charge on any atom is -0.494 e. The fourth-order valence-corrected chi connectivity index (χ4v) is 0.916. The molecular formula is C8H8F3NO2. The Kier molecular flexibility index (Phi) is 2.73. The van der Waals surface area contributed by atoms with Crippen molar-refractivity contribution in [1.82, 2.24) is 0 Å². The van der Waals surface area contributed by atoms with E-state index in [9.17, 15) is 13.2 Å². The molecule has 0 fully saturated rings. The molecule has 0 unspecified atom stereocenters. The van der Waals surface area contributed by atoms with Crippen LogP contribution in [0.15, 0.2) is 18.2 Å². The summed E-state index contributed by atoms with van der Waals surface area (Å²) in [5.74, 6) is -0.316. The second-order valence-corrected chi connectivity index (χ2v) is 2.42. The Morgan fingerprint density at radius 3 is 2.29 bits per heavy atom. The molecule has 0 radical (unpaired) electrons. The van der Waals surface area contributed by atoms with Crippen LogP contribution in [0.25, 0.3) is 0 Å². The molecule has 1 aromatic carbocycles. The van der Waals surface area contributed by atoms with E-state index in [4.69, 9.17) is 10.5 Å². The van der Waals surface area contributed by atoms with Crippen molar-refractivity contribution in [2.45, 2.75) is 6.36 Å². The van der Waals surface area contributed by atoms with E-state index in [0.717, 1.165) is 6.07 Å². The first-order valence-electron chi connectivity index (χ1n) is 3.62. The van der Waals surface area contributed by atoms with Crippen molar-refractivity contribution in [3.05, 3.63) is 18.2 Å². The molecule has 14 heavy (non-hydrogen) atoms. The number of nitrogen functional groups attached to an aromatic ring is 1. The topological polar surface area (TPSA) is 44.5 Å². The van der Waals surface area contributed by atoms with Gasteiger partial charge in [0.2, 0.25) is 0 Å². The van der Waals surface area contributed by atoms with Crippen LogP contribution in [-0.4, -0.2) is 13.5 Å². The smallest absolute Gasteiger partial charge is 0.494 e. The minimum absolute atomic E-state index is 0.145. The van der Waals surface area contributed by atoms with Gasteiger partial charge in [-0.1, -0.05) is 6.07 Å². The van der Waals surface area contributed by atoms with Gasteiger partial charge in [0.1, 0.15) is 11.4 Å². The van der Waals surface area contributed by atoms with Crippen LogP contribution in [0.2, 0.25) is 0 Å². The van der Waals surface area contributed by atoms with E-state index in [1.165, 1.54) is 19.2 Å². The Balaban J connectivity index is 2.98. The monoisotopic (exact) mass is 207 g/mol. The van der Waals surface area contributed by atoms with Gasteiger partial charge in [0.05, 0.1) is 7.11 Å². The van der Waals surface area contributed by atoms with E-state index in [1.54, 1.807) is 0 Å². The number of methoxy groups -OCH3 is 1. The van der Waals surface area contributed by atoms with E-state index >= 15 is 0 Å². The fourth-order valence-electron chi connectivity index (χ4n) is 0.916. The molecule has 0 atom stereocenters. The van der Waals surface area contributed by atoms with Gasteiger partial charge in [-0.15, -0.1) is 13.2 Å². The number of halogens is 3. The van der Waals surface area contributed by atoms with Crippen molar-refractivity contribution in [2.75, 3.05) is 12.8 Å². The highest BCUT2D eigenvalue weighted by Gasteiger charge is 2.32. The molecule has 78 valence electrons. The molecule has 1 aromatic rings. The summed E-state index contributed by atoms with van der Waals surface area (Å²) in [5.41, 5.74) is 5.18. The number of para-hydroxylation sites is 1.